The van der Waals surface area contributed by atoms with E-state index in [1.165, 1.54) is 0 Å². The van der Waals surface area contributed by atoms with Gasteiger partial charge in [-0.3, -0.25) is 9.59 Å². The number of hydrogen-bond donors (Lipinski definition) is 1. The van der Waals surface area contributed by atoms with Gasteiger partial charge in [-0.15, -0.1) is 0 Å². The average molecular weight is 318 g/mol. The summed E-state index contributed by atoms with van der Waals surface area (Å²) in [7, 11) is 0. The molecule has 126 valence electrons. The molecule has 3 rings (SSSR count). The highest BCUT2D eigenvalue weighted by Gasteiger charge is 2.36. The number of rotatable bonds is 2. The first-order valence-electron chi connectivity index (χ1n) is 8.48. The smallest absolute Gasteiger partial charge is 0.270 e. The molecular weight excluding hydrogens is 292 g/mol. The molecule has 1 atom stereocenters. The zero-order valence-electron chi connectivity index (χ0n) is 14.5. The predicted octanol–water partition coefficient (Wildman–Crippen LogP) is 2.73. The lowest BCUT2D eigenvalue weighted by Gasteiger charge is -2.32. The van der Waals surface area contributed by atoms with Gasteiger partial charge in [-0.05, 0) is 30.7 Å². The van der Waals surface area contributed by atoms with Crippen LogP contribution in [0.25, 0.3) is 0 Å². The Kier molecular flexibility index (Phi) is 4.08. The van der Waals surface area contributed by atoms with E-state index < -0.39 is 0 Å². The monoisotopic (exact) mass is 318 g/mol. The van der Waals surface area contributed by atoms with Gasteiger partial charge in [-0.25, -0.2) is 0 Å². The van der Waals surface area contributed by atoms with Gasteiger partial charge in [0.25, 0.3) is 5.91 Å². The van der Waals surface area contributed by atoms with Crippen LogP contribution in [0.3, 0.4) is 0 Å². The first kappa shape index (κ1) is 16.2. The van der Waals surface area contributed by atoms with E-state index in [-0.39, 0.29) is 23.2 Å². The van der Waals surface area contributed by atoms with Gasteiger partial charge < -0.3 is 14.6 Å². The van der Waals surface area contributed by atoms with Crippen LogP contribution < -0.4 is 0 Å². The van der Waals surface area contributed by atoms with Crippen LogP contribution in [-0.4, -0.2) is 47.4 Å². The molecule has 0 saturated carbocycles. The molecule has 1 aliphatic carbocycles. The molecule has 1 aliphatic heterocycles. The van der Waals surface area contributed by atoms with Crippen molar-refractivity contribution in [2.24, 2.45) is 5.41 Å². The number of aromatic amines is 1. The Morgan fingerprint density at radius 3 is 2.83 bits per heavy atom. The molecule has 0 unspecified atom stereocenters. The maximum Gasteiger partial charge on any atom is 0.270 e. The molecule has 1 aromatic rings. The van der Waals surface area contributed by atoms with Crippen LogP contribution in [0, 0.1) is 12.3 Å². The SMILES string of the molecule is CC[C@H]1CN(C(=O)c2[nH]c3c(c2C)C(=O)CC(C)(C)C3)CCO1. The summed E-state index contributed by atoms with van der Waals surface area (Å²) in [4.78, 5) is 30.5. The summed E-state index contributed by atoms with van der Waals surface area (Å²) in [6, 6.07) is 0. The Balaban J connectivity index is 1.90. The Labute approximate surface area is 137 Å². The minimum Gasteiger partial charge on any atom is -0.375 e. The highest BCUT2D eigenvalue weighted by Crippen LogP contribution is 2.37. The summed E-state index contributed by atoms with van der Waals surface area (Å²) in [6.45, 7) is 9.96. The fourth-order valence-electron chi connectivity index (χ4n) is 3.76. The Bertz CT molecular complexity index is 645. The third-order valence-corrected chi connectivity index (χ3v) is 5.00. The van der Waals surface area contributed by atoms with Crippen molar-refractivity contribution < 1.29 is 14.3 Å². The fourth-order valence-corrected chi connectivity index (χ4v) is 3.76. The van der Waals surface area contributed by atoms with Crippen molar-refractivity contribution in [2.45, 2.75) is 53.1 Å². The van der Waals surface area contributed by atoms with Crippen LogP contribution in [0.15, 0.2) is 0 Å². The second-order valence-corrected chi connectivity index (χ2v) is 7.57. The maximum atomic E-state index is 12.9. The van der Waals surface area contributed by atoms with Gasteiger partial charge in [0.05, 0.1) is 12.7 Å². The minimum atomic E-state index is -0.0477. The number of Topliss-reactive ketones (excluding diaryl/α,β-unsaturated/α-hetero) is 1. The second kappa shape index (κ2) is 5.78. The largest absolute Gasteiger partial charge is 0.375 e. The van der Waals surface area contributed by atoms with E-state index in [1.54, 1.807) is 0 Å². The van der Waals surface area contributed by atoms with Gasteiger partial charge in [0.1, 0.15) is 5.69 Å². The number of carbonyl (C=O) groups is 2. The molecule has 1 amide bonds. The van der Waals surface area contributed by atoms with Crippen molar-refractivity contribution in [3.63, 3.8) is 0 Å². The van der Waals surface area contributed by atoms with Gasteiger partial charge >= 0.3 is 0 Å². The highest BCUT2D eigenvalue weighted by molar-refractivity contribution is 6.04. The first-order chi connectivity index (χ1) is 10.8. The Morgan fingerprint density at radius 2 is 2.13 bits per heavy atom. The second-order valence-electron chi connectivity index (χ2n) is 7.57. The van der Waals surface area contributed by atoms with Crippen LogP contribution in [-0.2, 0) is 11.2 Å². The summed E-state index contributed by atoms with van der Waals surface area (Å²) in [5, 5.41) is 0. The molecule has 1 saturated heterocycles. The van der Waals surface area contributed by atoms with Crippen LogP contribution in [0.2, 0.25) is 0 Å². The molecule has 0 bridgehead atoms. The van der Waals surface area contributed by atoms with Gasteiger partial charge in [-0.1, -0.05) is 20.8 Å². The third kappa shape index (κ3) is 2.94. The minimum absolute atomic E-state index is 0.00995. The van der Waals surface area contributed by atoms with E-state index in [0.717, 1.165) is 29.7 Å². The predicted molar refractivity (Wildman–Crippen MR) is 87.9 cm³/mol. The Hall–Kier alpha value is -1.62. The first-order valence-corrected chi connectivity index (χ1v) is 8.48. The number of H-pyrrole nitrogens is 1. The van der Waals surface area contributed by atoms with E-state index in [1.807, 2.05) is 11.8 Å². The molecule has 1 aromatic heterocycles. The molecule has 0 radical (unpaired) electrons. The summed E-state index contributed by atoms with van der Waals surface area (Å²) in [6.07, 6.45) is 2.36. The summed E-state index contributed by atoms with van der Waals surface area (Å²) in [5.74, 6) is 0.140. The topological polar surface area (TPSA) is 62.4 Å². The molecule has 5 nitrogen and oxygen atoms in total. The van der Waals surface area contributed by atoms with E-state index in [2.05, 4.69) is 25.8 Å². The van der Waals surface area contributed by atoms with Crippen LogP contribution in [0.1, 0.15) is 65.7 Å². The lowest BCUT2D eigenvalue weighted by molar-refractivity contribution is -0.0228. The molecule has 2 heterocycles. The quantitative estimate of drug-likeness (QED) is 0.912. The standard InChI is InChI=1S/C18H26N2O3/c1-5-12-10-20(6-7-23-12)17(22)16-11(2)15-13(19-16)8-18(3,4)9-14(15)21/h12,19H,5-10H2,1-4H3/t12-/m0/s1. The summed E-state index contributed by atoms with van der Waals surface area (Å²) < 4.78 is 5.64. The zero-order chi connectivity index (χ0) is 16.8. The number of fused-ring (bicyclic) bond motifs is 1. The van der Waals surface area contributed by atoms with Crippen molar-refractivity contribution in [3.05, 3.63) is 22.5 Å². The average Bonchev–Trinajstić information content (AvgIpc) is 2.82. The van der Waals surface area contributed by atoms with Crippen molar-refractivity contribution in [2.75, 3.05) is 19.7 Å². The van der Waals surface area contributed by atoms with Crippen molar-refractivity contribution in [3.8, 4) is 0 Å². The number of ketones is 1. The number of aromatic nitrogens is 1. The number of morpholine rings is 1. The van der Waals surface area contributed by atoms with E-state index in [0.29, 0.717) is 31.8 Å². The molecule has 5 heteroatoms. The summed E-state index contributed by atoms with van der Waals surface area (Å²) in [5.41, 5.74) is 3.01. The van der Waals surface area contributed by atoms with Crippen molar-refractivity contribution >= 4 is 11.7 Å². The number of ether oxygens (including phenoxy) is 1. The molecule has 1 N–H and O–H groups in total. The number of amides is 1. The normalized spacial score (nSPS) is 23.7. The van der Waals surface area contributed by atoms with Gasteiger partial charge in [0.2, 0.25) is 0 Å². The van der Waals surface area contributed by atoms with E-state index in [4.69, 9.17) is 4.74 Å². The molecule has 0 aromatic carbocycles. The highest BCUT2D eigenvalue weighted by atomic mass is 16.5. The van der Waals surface area contributed by atoms with Crippen LogP contribution >= 0.6 is 0 Å². The van der Waals surface area contributed by atoms with Gasteiger partial charge in [0.15, 0.2) is 5.78 Å². The van der Waals surface area contributed by atoms with Crippen LogP contribution in [0.5, 0.6) is 0 Å². The lowest BCUT2D eigenvalue weighted by atomic mass is 9.75. The molecule has 2 aliphatic rings. The number of nitrogens with zero attached hydrogens (tertiary/aromatic N) is 1. The van der Waals surface area contributed by atoms with Crippen molar-refractivity contribution in [1.29, 1.82) is 0 Å². The van der Waals surface area contributed by atoms with Gasteiger partial charge in [-0.2, -0.15) is 0 Å². The fraction of sp³-hybridized carbons (Fsp3) is 0.667. The molecule has 1 fully saturated rings. The van der Waals surface area contributed by atoms with Crippen molar-refractivity contribution in [1.82, 2.24) is 9.88 Å². The molecule has 23 heavy (non-hydrogen) atoms. The Morgan fingerprint density at radius 1 is 1.39 bits per heavy atom. The summed E-state index contributed by atoms with van der Waals surface area (Å²) >= 11 is 0. The third-order valence-electron chi connectivity index (χ3n) is 5.00. The molecule has 0 spiro atoms. The van der Waals surface area contributed by atoms with E-state index >= 15 is 0 Å². The number of nitrogens with one attached hydrogen (secondary N) is 1. The van der Waals surface area contributed by atoms with Crippen LogP contribution in [0.4, 0.5) is 0 Å². The number of hydrogen-bond acceptors (Lipinski definition) is 3. The molecular formula is C18H26N2O3. The zero-order valence-corrected chi connectivity index (χ0v) is 14.5. The van der Waals surface area contributed by atoms with E-state index in [9.17, 15) is 9.59 Å². The number of carbonyl (C=O) groups excluding carboxylic acids is 2. The lowest BCUT2D eigenvalue weighted by Crippen LogP contribution is -2.45. The maximum absolute atomic E-state index is 12.9. The van der Waals surface area contributed by atoms with Gasteiger partial charge in [0, 0.05) is 30.8 Å².